The zero-order valence-corrected chi connectivity index (χ0v) is 9.80. The van der Waals surface area contributed by atoms with Gasteiger partial charge >= 0.3 is 5.97 Å². The molecule has 1 aromatic heterocycles. The maximum atomic E-state index is 11.3. The zero-order valence-electron chi connectivity index (χ0n) is 9.80. The van der Waals surface area contributed by atoms with Gasteiger partial charge < -0.3 is 15.4 Å². The fraction of sp³-hybridized carbons (Fsp3) is 0.455. The molecule has 5 nitrogen and oxygen atoms in total. The quantitative estimate of drug-likeness (QED) is 0.768. The highest BCUT2D eigenvalue weighted by atomic mass is 16.5. The monoisotopic (exact) mass is 223 g/mol. The molecule has 0 saturated heterocycles. The number of carbonyl (C=O) groups is 1. The zero-order chi connectivity index (χ0) is 12.1. The molecule has 1 rings (SSSR count). The number of hydrogen-bond acceptors (Lipinski definition) is 5. The summed E-state index contributed by atoms with van der Waals surface area (Å²) >= 11 is 0. The number of esters is 1. The van der Waals surface area contributed by atoms with Gasteiger partial charge in [0.2, 0.25) is 0 Å². The van der Waals surface area contributed by atoms with Gasteiger partial charge in [-0.05, 0) is 6.07 Å². The Hall–Kier alpha value is -1.78. The highest BCUT2D eigenvalue weighted by Crippen LogP contribution is 2.20. The van der Waals surface area contributed by atoms with E-state index in [0.717, 1.165) is 5.69 Å². The summed E-state index contributed by atoms with van der Waals surface area (Å²) in [5.74, 6) is -0.415. The Kier molecular flexibility index (Phi) is 4.10. The van der Waals surface area contributed by atoms with Crippen LogP contribution in [0.5, 0.6) is 0 Å². The third-order valence-corrected chi connectivity index (χ3v) is 2.39. The first kappa shape index (κ1) is 12.3. The van der Waals surface area contributed by atoms with Crippen LogP contribution < -0.4 is 10.6 Å². The van der Waals surface area contributed by atoms with Crippen LogP contribution in [0.2, 0.25) is 0 Å². The van der Waals surface area contributed by atoms with Gasteiger partial charge in [-0.1, -0.05) is 6.92 Å². The van der Waals surface area contributed by atoms with Crippen molar-refractivity contribution in [3.8, 4) is 0 Å². The van der Waals surface area contributed by atoms with Crippen molar-refractivity contribution in [1.82, 2.24) is 4.98 Å². The van der Waals surface area contributed by atoms with Gasteiger partial charge in [-0.2, -0.15) is 0 Å². The summed E-state index contributed by atoms with van der Waals surface area (Å²) in [6, 6.07) is 1.82. The number of methoxy groups -OCH3 is 1. The summed E-state index contributed by atoms with van der Waals surface area (Å²) in [5.41, 5.74) is 7.25. The molecule has 2 N–H and O–H groups in total. The van der Waals surface area contributed by atoms with Crippen LogP contribution in [-0.2, 0) is 9.53 Å². The molecule has 0 amide bonds. The predicted octanol–water partition coefficient (Wildman–Crippen LogP) is 0.909. The van der Waals surface area contributed by atoms with Crippen molar-refractivity contribution >= 4 is 17.3 Å². The number of carbonyl (C=O) groups excluding carboxylic acids is 1. The van der Waals surface area contributed by atoms with Crippen molar-refractivity contribution < 1.29 is 9.53 Å². The lowest BCUT2D eigenvalue weighted by molar-refractivity contribution is -0.144. The van der Waals surface area contributed by atoms with Gasteiger partial charge in [0, 0.05) is 19.8 Å². The fourth-order valence-electron chi connectivity index (χ4n) is 1.53. The molecule has 0 aromatic carbocycles. The molecule has 0 fully saturated rings. The second-order valence-electron chi connectivity index (χ2n) is 3.74. The molecule has 0 aliphatic rings. The minimum absolute atomic E-state index is 0.192. The minimum Gasteiger partial charge on any atom is -0.469 e. The Morgan fingerprint density at radius 1 is 1.69 bits per heavy atom. The summed E-state index contributed by atoms with van der Waals surface area (Å²) in [6.07, 6.45) is 3.26. The molecule has 0 aliphatic heterocycles. The number of nitrogens with zero attached hydrogens (tertiary/aromatic N) is 2. The molecular formula is C11H17N3O2. The summed E-state index contributed by atoms with van der Waals surface area (Å²) in [6.45, 7) is 2.38. The molecule has 5 heteroatoms. The molecule has 0 spiro atoms. The molecule has 1 heterocycles. The minimum atomic E-state index is -0.223. The normalized spacial score (nSPS) is 11.9. The van der Waals surface area contributed by atoms with Crippen LogP contribution in [0.1, 0.15) is 6.92 Å². The van der Waals surface area contributed by atoms with Crippen LogP contribution in [0, 0.1) is 5.92 Å². The number of anilines is 2. The number of nitrogens with two attached hydrogens (primary N) is 1. The number of hydrogen-bond donors (Lipinski definition) is 1. The van der Waals surface area contributed by atoms with E-state index in [1.165, 1.54) is 7.11 Å². The van der Waals surface area contributed by atoms with E-state index in [2.05, 4.69) is 9.72 Å². The maximum Gasteiger partial charge on any atom is 0.310 e. The number of rotatable bonds is 4. The van der Waals surface area contributed by atoms with E-state index in [-0.39, 0.29) is 11.9 Å². The third kappa shape index (κ3) is 2.85. The average molecular weight is 223 g/mol. The highest BCUT2D eigenvalue weighted by molar-refractivity contribution is 5.73. The molecule has 0 saturated carbocycles. The smallest absolute Gasteiger partial charge is 0.310 e. The van der Waals surface area contributed by atoms with Crippen molar-refractivity contribution in [2.75, 3.05) is 31.3 Å². The molecular weight excluding hydrogens is 206 g/mol. The molecule has 1 aromatic rings. The Bertz CT molecular complexity index is 368. The second-order valence-corrected chi connectivity index (χ2v) is 3.74. The van der Waals surface area contributed by atoms with Gasteiger partial charge in [-0.15, -0.1) is 0 Å². The lowest BCUT2D eigenvalue weighted by atomic mass is 10.1. The fourth-order valence-corrected chi connectivity index (χ4v) is 1.53. The van der Waals surface area contributed by atoms with E-state index >= 15 is 0 Å². The Labute approximate surface area is 95.2 Å². The van der Waals surface area contributed by atoms with Crippen molar-refractivity contribution in [3.05, 3.63) is 18.5 Å². The largest absolute Gasteiger partial charge is 0.469 e. The number of aromatic nitrogens is 1. The van der Waals surface area contributed by atoms with Crippen molar-refractivity contribution in [2.45, 2.75) is 6.92 Å². The summed E-state index contributed by atoms with van der Waals surface area (Å²) in [4.78, 5) is 17.1. The van der Waals surface area contributed by atoms with Crippen LogP contribution in [0.3, 0.4) is 0 Å². The standard InChI is InChI=1S/C11H17N3O2/c1-8(11(15)16-3)7-14(2)10-4-5-13-6-9(10)12/h4-6,8H,7,12H2,1-3H3. The van der Waals surface area contributed by atoms with Crippen LogP contribution in [0.15, 0.2) is 18.5 Å². The summed E-state index contributed by atoms with van der Waals surface area (Å²) < 4.78 is 4.67. The van der Waals surface area contributed by atoms with Crippen molar-refractivity contribution in [3.63, 3.8) is 0 Å². The first-order valence-corrected chi connectivity index (χ1v) is 5.04. The molecule has 88 valence electrons. The van der Waals surface area contributed by atoms with E-state index in [1.807, 2.05) is 24.9 Å². The first-order chi connectivity index (χ1) is 7.56. The molecule has 0 radical (unpaired) electrons. The Balaban J connectivity index is 2.69. The third-order valence-electron chi connectivity index (χ3n) is 2.39. The first-order valence-electron chi connectivity index (χ1n) is 5.04. The van der Waals surface area contributed by atoms with Crippen molar-refractivity contribution in [1.29, 1.82) is 0 Å². The van der Waals surface area contributed by atoms with Gasteiger partial charge in [0.1, 0.15) is 0 Å². The average Bonchev–Trinajstić information content (AvgIpc) is 2.28. The lowest BCUT2D eigenvalue weighted by Gasteiger charge is -2.23. The molecule has 0 bridgehead atoms. The van der Waals surface area contributed by atoms with Gasteiger partial charge in [0.05, 0.1) is 30.6 Å². The van der Waals surface area contributed by atoms with Crippen LogP contribution in [0.25, 0.3) is 0 Å². The topological polar surface area (TPSA) is 68.5 Å². The van der Waals surface area contributed by atoms with Gasteiger partial charge in [-0.25, -0.2) is 0 Å². The molecule has 0 aliphatic carbocycles. The van der Waals surface area contributed by atoms with E-state index in [9.17, 15) is 4.79 Å². The second kappa shape index (κ2) is 5.34. The van der Waals surface area contributed by atoms with E-state index in [4.69, 9.17) is 5.73 Å². The summed E-state index contributed by atoms with van der Waals surface area (Å²) in [5, 5.41) is 0. The molecule has 16 heavy (non-hydrogen) atoms. The maximum absolute atomic E-state index is 11.3. The van der Waals surface area contributed by atoms with E-state index < -0.39 is 0 Å². The van der Waals surface area contributed by atoms with Crippen LogP contribution >= 0.6 is 0 Å². The van der Waals surface area contributed by atoms with E-state index in [1.54, 1.807) is 12.4 Å². The SMILES string of the molecule is COC(=O)C(C)CN(C)c1ccncc1N. The van der Waals surface area contributed by atoms with Gasteiger partial charge in [0.25, 0.3) is 0 Å². The number of nitrogen functional groups attached to an aromatic ring is 1. The lowest BCUT2D eigenvalue weighted by Crippen LogP contribution is -2.29. The van der Waals surface area contributed by atoms with Crippen LogP contribution in [0.4, 0.5) is 11.4 Å². The Morgan fingerprint density at radius 2 is 2.38 bits per heavy atom. The van der Waals surface area contributed by atoms with Gasteiger partial charge in [0.15, 0.2) is 0 Å². The number of pyridine rings is 1. The van der Waals surface area contributed by atoms with Crippen LogP contribution in [-0.4, -0.2) is 31.7 Å². The Morgan fingerprint density at radius 3 is 2.94 bits per heavy atom. The molecule has 1 atom stereocenters. The summed E-state index contributed by atoms with van der Waals surface area (Å²) in [7, 11) is 3.27. The number of ether oxygens (including phenoxy) is 1. The van der Waals surface area contributed by atoms with Gasteiger partial charge in [-0.3, -0.25) is 9.78 Å². The van der Waals surface area contributed by atoms with E-state index in [0.29, 0.717) is 12.2 Å². The highest BCUT2D eigenvalue weighted by Gasteiger charge is 2.16. The molecule has 1 unspecified atom stereocenters. The van der Waals surface area contributed by atoms with Crippen molar-refractivity contribution in [2.24, 2.45) is 5.92 Å². The predicted molar refractivity (Wildman–Crippen MR) is 63.1 cm³/mol.